The Morgan fingerprint density at radius 3 is 2.84 bits per heavy atom. The molecular weight excluding hydrogens is 238 g/mol. The first-order chi connectivity index (χ1) is 9.29. The number of nitrogens with one attached hydrogen (secondary N) is 1. The van der Waals surface area contributed by atoms with Crippen LogP contribution in [0.1, 0.15) is 45.4 Å². The maximum atomic E-state index is 12.1. The van der Waals surface area contributed by atoms with Gasteiger partial charge in [0.05, 0.1) is 6.61 Å². The minimum atomic E-state index is 0.160. The van der Waals surface area contributed by atoms with Crippen molar-refractivity contribution in [2.24, 2.45) is 5.92 Å². The predicted octanol–water partition coefficient (Wildman–Crippen LogP) is 3.99. The highest BCUT2D eigenvalue weighted by molar-refractivity contribution is 5.92. The van der Waals surface area contributed by atoms with Crippen molar-refractivity contribution in [3.8, 4) is 5.75 Å². The van der Waals surface area contributed by atoms with E-state index >= 15 is 0 Å². The lowest BCUT2D eigenvalue weighted by molar-refractivity contribution is -0.120. The molecule has 0 atom stereocenters. The zero-order valence-corrected chi connectivity index (χ0v) is 11.7. The predicted molar refractivity (Wildman–Crippen MR) is 77.4 cm³/mol. The van der Waals surface area contributed by atoms with E-state index in [0.717, 1.165) is 30.7 Å². The first-order valence-electron chi connectivity index (χ1n) is 7.33. The normalized spacial score (nSPS) is 16.1. The van der Waals surface area contributed by atoms with Gasteiger partial charge in [0.15, 0.2) is 0 Å². The van der Waals surface area contributed by atoms with Crippen LogP contribution in [0.5, 0.6) is 5.75 Å². The molecule has 3 nitrogen and oxygen atoms in total. The molecule has 1 N–H and O–H groups in total. The van der Waals surface area contributed by atoms with Gasteiger partial charge in [0.25, 0.3) is 0 Å². The molecule has 1 amide bonds. The van der Waals surface area contributed by atoms with Gasteiger partial charge >= 0.3 is 0 Å². The molecule has 104 valence electrons. The molecule has 3 heteroatoms. The van der Waals surface area contributed by atoms with Crippen LogP contribution in [-0.4, -0.2) is 12.5 Å². The molecule has 0 unspecified atom stereocenters. The topological polar surface area (TPSA) is 38.3 Å². The number of hydrogen-bond donors (Lipinski definition) is 1. The Kier molecular flexibility index (Phi) is 5.25. The van der Waals surface area contributed by atoms with Gasteiger partial charge in [-0.3, -0.25) is 4.79 Å². The van der Waals surface area contributed by atoms with Crippen molar-refractivity contribution in [2.75, 3.05) is 11.9 Å². The number of amides is 1. The van der Waals surface area contributed by atoms with Crippen molar-refractivity contribution in [1.29, 1.82) is 0 Å². The molecule has 0 saturated heterocycles. The zero-order chi connectivity index (χ0) is 13.5. The second kappa shape index (κ2) is 7.17. The third-order valence-electron chi connectivity index (χ3n) is 3.55. The van der Waals surface area contributed by atoms with E-state index in [0.29, 0.717) is 6.61 Å². The van der Waals surface area contributed by atoms with Crippen molar-refractivity contribution in [1.82, 2.24) is 0 Å². The Bertz CT molecular complexity index is 411. The Morgan fingerprint density at radius 1 is 1.32 bits per heavy atom. The average molecular weight is 261 g/mol. The summed E-state index contributed by atoms with van der Waals surface area (Å²) >= 11 is 0. The first kappa shape index (κ1) is 13.9. The van der Waals surface area contributed by atoms with E-state index in [1.165, 1.54) is 19.3 Å². The van der Waals surface area contributed by atoms with E-state index in [9.17, 15) is 4.79 Å². The standard InChI is InChI=1S/C16H23NO2/c1-2-11-19-15-10-6-9-14(12-15)17-16(18)13-7-4-3-5-8-13/h6,9-10,12-13H,2-5,7-8,11H2,1H3,(H,17,18). The number of carbonyl (C=O) groups excluding carboxylic acids is 1. The average Bonchev–Trinajstić information content (AvgIpc) is 2.46. The fourth-order valence-corrected chi connectivity index (χ4v) is 2.49. The van der Waals surface area contributed by atoms with Gasteiger partial charge in [0.1, 0.15) is 5.75 Å². The molecule has 2 rings (SSSR count). The van der Waals surface area contributed by atoms with Crippen LogP contribution in [0.2, 0.25) is 0 Å². The highest BCUT2D eigenvalue weighted by Gasteiger charge is 2.20. The molecule has 0 spiro atoms. The highest BCUT2D eigenvalue weighted by atomic mass is 16.5. The van der Waals surface area contributed by atoms with Crippen molar-refractivity contribution in [2.45, 2.75) is 45.4 Å². The lowest BCUT2D eigenvalue weighted by Gasteiger charge is -2.20. The lowest BCUT2D eigenvalue weighted by atomic mass is 9.88. The van der Waals surface area contributed by atoms with Gasteiger partial charge in [-0.1, -0.05) is 32.3 Å². The molecule has 0 aromatic heterocycles. The molecule has 0 aliphatic heterocycles. The summed E-state index contributed by atoms with van der Waals surface area (Å²) in [5.41, 5.74) is 0.837. The second-order valence-electron chi connectivity index (χ2n) is 5.20. The zero-order valence-electron chi connectivity index (χ0n) is 11.7. The van der Waals surface area contributed by atoms with E-state index in [2.05, 4.69) is 12.2 Å². The Hall–Kier alpha value is -1.51. The van der Waals surface area contributed by atoms with Crippen LogP contribution >= 0.6 is 0 Å². The smallest absolute Gasteiger partial charge is 0.227 e. The molecular formula is C16H23NO2. The van der Waals surface area contributed by atoms with Crippen molar-refractivity contribution in [3.63, 3.8) is 0 Å². The summed E-state index contributed by atoms with van der Waals surface area (Å²) in [6.07, 6.45) is 6.66. The summed E-state index contributed by atoms with van der Waals surface area (Å²) < 4.78 is 5.57. The number of benzene rings is 1. The summed E-state index contributed by atoms with van der Waals surface area (Å²) in [5.74, 6) is 1.17. The molecule has 1 saturated carbocycles. The van der Waals surface area contributed by atoms with Gasteiger partial charge in [-0.25, -0.2) is 0 Å². The van der Waals surface area contributed by atoms with Gasteiger partial charge in [0.2, 0.25) is 5.91 Å². The van der Waals surface area contributed by atoms with Crippen LogP contribution in [0, 0.1) is 5.92 Å². The molecule has 0 heterocycles. The van der Waals surface area contributed by atoms with Gasteiger partial charge in [-0.05, 0) is 31.4 Å². The van der Waals surface area contributed by atoms with Crippen LogP contribution in [0.3, 0.4) is 0 Å². The third kappa shape index (κ3) is 4.27. The molecule has 1 aromatic carbocycles. The fourth-order valence-electron chi connectivity index (χ4n) is 2.49. The van der Waals surface area contributed by atoms with E-state index in [1.54, 1.807) is 0 Å². The minimum absolute atomic E-state index is 0.160. The fraction of sp³-hybridized carbons (Fsp3) is 0.562. The van der Waals surface area contributed by atoms with Gasteiger partial charge < -0.3 is 10.1 Å². The summed E-state index contributed by atoms with van der Waals surface area (Å²) in [7, 11) is 0. The summed E-state index contributed by atoms with van der Waals surface area (Å²) in [6.45, 7) is 2.79. The number of anilines is 1. The van der Waals surface area contributed by atoms with Crippen LogP contribution in [0.25, 0.3) is 0 Å². The highest BCUT2D eigenvalue weighted by Crippen LogP contribution is 2.25. The summed E-state index contributed by atoms with van der Waals surface area (Å²) in [5, 5.41) is 3.01. The Balaban J connectivity index is 1.92. The number of rotatable bonds is 5. The van der Waals surface area contributed by atoms with Crippen LogP contribution in [-0.2, 0) is 4.79 Å². The molecule has 1 aliphatic carbocycles. The van der Waals surface area contributed by atoms with E-state index in [4.69, 9.17) is 4.74 Å². The first-order valence-corrected chi connectivity index (χ1v) is 7.33. The Labute approximate surface area is 115 Å². The maximum Gasteiger partial charge on any atom is 0.227 e. The lowest BCUT2D eigenvalue weighted by Crippen LogP contribution is -2.24. The van der Waals surface area contributed by atoms with Crippen molar-refractivity contribution < 1.29 is 9.53 Å². The van der Waals surface area contributed by atoms with Crippen LogP contribution < -0.4 is 10.1 Å². The van der Waals surface area contributed by atoms with Gasteiger partial charge in [-0.15, -0.1) is 0 Å². The van der Waals surface area contributed by atoms with Gasteiger partial charge in [0, 0.05) is 17.7 Å². The molecule has 1 aromatic rings. The van der Waals surface area contributed by atoms with Crippen molar-refractivity contribution in [3.05, 3.63) is 24.3 Å². The van der Waals surface area contributed by atoms with E-state index < -0.39 is 0 Å². The molecule has 0 radical (unpaired) electrons. The van der Waals surface area contributed by atoms with Crippen LogP contribution in [0.15, 0.2) is 24.3 Å². The van der Waals surface area contributed by atoms with E-state index in [-0.39, 0.29) is 11.8 Å². The van der Waals surface area contributed by atoms with Crippen LogP contribution in [0.4, 0.5) is 5.69 Å². The second-order valence-corrected chi connectivity index (χ2v) is 5.20. The largest absolute Gasteiger partial charge is 0.494 e. The number of hydrogen-bond acceptors (Lipinski definition) is 2. The number of ether oxygens (including phenoxy) is 1. The third-order valence-corrected chi connectivity index (χ3v) is 3.55. The van der Waals surface area contributed by atoms with Crippen molar-refractivity contribution >= 4 is 11.6 Å². The minimum Gasteiger partial charge on any atom is -0.494 e. The molecule has 1 fully saturated rings. The SMILES string of the molecule is CCCOc1cccc(NC(=O)C2CCCCC2)c1. The molecule has 1 aliphatic rings. The monoisotopic (exact) mass is 261 g/mol. The molecule has 0 bridgehead atoms. The van der Waals surface area contributed by atoms with Gasteiger partial charge in [-0.2, -0.15) is 0 Å². The summed E-state index contributed by atoms with van der Waals surface area (Å²) in [4.78, 5) is 12.1. The molecule has 19 heavy (non-hydrogen) atoms. The number of carbonyl (C=O) groups is 1. The Morgan fingerprint density at radius 2 is 2.11 bits per heavy atom. The maximum absolute atomic E-state index is 12.1. The van der Waals surface area contributed by atoms with E-state index in [1.807, 2.05) is 24.3 Å². The quantitative estimate of drug-likeness (QED) is 0.870. The summed E-state index contributed by atoms with van der Waals surface area (Å²) in [6, 6.07) is 7.66.